The van der Waals surface area contributed by atoms with Gasteiger partial charge in [-0.15, -0.1) is 0 Å². The molecule has 15 heavy (non-hydrogen) atoms. The Balaban J connectivity index is 1.65. The minimum absolute atomic E-state index is 0.0207. The molecule has 0 saturated heterocycles. The Morgan fingerprint density at radius 1 is 1.33 bits per heavy atom. The lowest BCUT2D eigenvalue weighted by atomic mass is 10.2. The van der Waals surface area contributed by atoms with Gasteiger partial charge in [0.1, 0.15) is 5.75 Å². The zero-order chi connectivity index (χ0) is 10.3. The quantitative estimate of drug-likeness (QED) is 0.817. The Morgan fingerprint density at radius 3 is 2.87 bits per heavy atom. The zero-order valence-electron chi connectivity index (χ0n) is 8.60. The van der Waals surface area contributed by atoms with Gasteiger partial charge in [-0.1, -0.05) is 0 Å². The van der Waals surface area contributed by atoms with Crippen molar-refractivity contribution in [3.63, 3.8) is 0 Å². The number of aliphatic hydroxyl groups excluding tert-OH is 1. The van der Waals surface area contributed by atoms with Crippen molar-refractivity contribution in [3.05, 3.63) is 24.0 Å². The molecule has 0 aromatic carbocycles. The van der Waals surface area contributed by atoms with Gasteiger partial charge in [0.15, 0.2) is 0 Å². The minimum atomic E-state index is -0.0207. The van der Waals surface area contributed by atoms with Crippen LogP contribution in [0.3, 0.4) is 0 Å². The molecule has 0 amide bonds. The summed E-state index contributed by atoms with van der Waals surface area (Å²) in [6.45, 7) is -0.0207. The number of aromatic nitrogens is 1. The Morgan fingerprint density at radius 2 is 2.13 bits per heavy atom. The van der Waals surface area contributed by atoms with Crippen molar-refractivity contribution < 1.29 is 9.84 Å². The first-order chi connectivity index (χ1) is 7.35. The summed E-state index contributed by atoms with van der Waals surface area (Å²) in [4.78, 5) is 4.03. The lowest BCUT2D eigenvalue weighted by Crippen LogP contribution is -2.13. The van der Waals surface area contributed by atoms with Gasteiger partial charge < -0.3 is 9.84 Å². The number of hydrogen-bond donors (Lipinski definition) is 1. The lowest BCUT2D eigenvalue weighted by molar-refractivity contribution is 0.193. The summed E-state index contributed by atoms with van der Waals surface area (Å²) in [5.74, 6) is 2.73. The molecule has 1 aromatic heterocycles. The average Bonchev–Trinajstić information content (AvgIpc) is 2.87. The topological polar surface area (TPSA) is 42.4 Å². The highest BCUT2D eigenvalue weighted by atomic mass is 16.5. The van der Waals surface area contributed by atoms with Crippen LogP contribution in [0.1, 0.15) is 25.0 Å². The van der Waals surface area contributed by atoms with Crippen LogP contribution < -0.4 is 4.74 Å². The maximum atomic E-state index is 8.95. The molecular formula is C12H15NO2. The van der Waals surface area contributed by atoms with Crippen molar-refractivity contribution >= 4 is 0 Å². The molecule has 1 heterocycles. The maximum absolute atomic E-state index is 8.95. The minimum Gasteiger partial charge on any atom is -0.490 e. The summed E-state index contributed by atoms with van der Waals surface area (Å²) in [5, 5.41) is 8.95. The molecule has 2 aliphatic rings. The van der Waals surface area contributed by atoms with Crippen molar-refractivity contribution in [1.29, 1.82) is 0 Å². The van der Waals surface area contributed by atoms with E-state index in [2.05, 4.69) is 4.98 Å². The fourth-order valence-corrected chi connectivity index (χ4v) is 2.56. The molecule has 2 fully saturated rings. The molecule has 0 unspecified atom stereocenters. The molecule has 0 bridgehead atoms. The number of pyridine rings is 1. The summed E-state index contributed by atoms with van der Waals surface area (Å²) in [6.07, 6.45) is 5.92. The molecule has 2 aliphatic carbocycles. The predicted octanol–water partition coefficient (Wildman–Crippen LogP) is 1.75. The molecule has 1 aromatic rings. The van der Waals surface area contributed by atoms with Crippen LogP contribution in [0.25, 0.3) is 0 Å². The van der Waals surface area contributed by atoms with E-state index in [1.165, 1.54) is 19.3 Å². The predicted molar refractivity (Wildman–Crippen MR) is 55.4 cm³/mol. The summed E-state index contributed by atoms with van der Waals surface area (Å²) in [7, 11) is 0. The van der Waals surface area contributed by atoms with Crippen LogP contribution in [0.5, 0.6) is 5.75 Å². The van der Waals surface area contributed by atoms with Crippen molar-refractivity contribution in [2.45, 2.75) is 32.0 Å². The van der Waals surface area contributed by atoms with Crippen molar-refractivity contribution in [1.82, 2.24) is 4.98 Å². The van der Waals surface area contributed by atoms with E-state index in [9.17, 15) is 0 Å². The normalized spacial score (nSPS) is 32.5. The first-order valence-corrected chi connectivity index (χ1v) is 5.57. The summed E-state index contributed by atoms with van der Waals surface area (Å²) >= 11 is 0. The first-order valence-electron chi connectivity index (χ1n) is 5.57. The lowest BCUT2D eigenvalue weighted by Gasteiger charge is -2.15. The third kappa shape index (κ3) is 1.84. The zero-order valence-corrected chi connectivity index (χ0v) is 8.60. The van der Waals surface area contributed by atoms with E-state index < -0.39 is 0 Å². The van der Waals surface area contributed by atoms with E-state index in [1.54, 1.807) is 6.20 Å². The molecular weight excluding hydrogens is 190 g/mol. The van der Waals surface area contributed by atoms with Gasteiger partial charge in [-0.2, -0.15) is 0 Å². The van der Waals surface area contributed by atoms with Gasteiger partial charge in [0.2, 0.25) is 0 Å². The Labute approximate surface area is 89.1 Å². The molecule has 0 spiro atoms. The Hall–Kier alpha value is -1.09. The number of hydrogen-bond acceptors (Lipinski definition) is 3. The second-order valence-electron chi connectivity index (χ2n) is 4.61. The molecule has 3 atom stereocenters. The summed E-state index contributed by atoms with van der Waals surface area (Å²) < 4.78 is 5.87. The van der Waals surface area contributed by atoms with Gasteiger partial charge in [-0.25, -0.2) is 0 Å². The standard InChI is InChI=1S/C12H15NO2/c14-7-10-6-11(1-2-13-10)15-12-4-8-3-9(8)5-12/h1-2,6,8-9,12,14H,3-5,7H2/t8-,9+,12+. The van der Waals surface area contributed by atoms with Crippen LogP contribution in [0.15, 0.2) is 18.3 Å². The molecule has 3 nitrogen and oxygen atoms in total. The number of rotatable bonds is 3. The van der Waals surface area contributed by atoms with Gasteiger partial charge >= 0.3 is 0 Å². The molecule has 0 radical (unpaired) electrons. The molecule has 1 N–H and O–H groups in total. The highest BCUT2D eigenvalue weighted by Gasteiger charge is 2.46. The molecule has 80 valence electrons. The van der Waals surface area contributed by atoms with Gasteiger partial charge in [-0.3, -0.25) is 4.98 Å². The SMILES string of the molecule is OCc1cc(O[C@@H]2C[C@@H]3C[C@@H]3C2)ccn1. The Bertz CT molecular complexity index is 356. The van der Waals surface area contributed by atoms with Crippen molar-refractivity contribution in [2.75, 3.05) is 0 Å². The van der Waals surface area contributed by atoms with Gasteiger partial charge in [0, 0.05) is 12.3 Å². The van der Waals surface area contributed by atoms with E-state index in [0.717, 1.165) is 17.6 Å². The van der Waals surface area contributed by atoms with Gasteiger partial charge in [0.05, 0.1) is 18.4 Å². The van der Waals surface area contributed by atoms with E-state index in [1.807, 2.05) is 12.1 Å². The number of aliphatic hydroxyl groups is 1. The fraction of sp³-hybridized carbons (Fsp3) is 0.583. The molecule has 3 heteroatoms. The highest BCUT2D eigenvalue weighted by Crippen LogP contribution is 2.52. The van der Waals surface area contributed by atoms with Crippen LogP contribution in [0.2, 0.25) is 0 Å². The second-order valence-corrected chi connectivity index (χ2v) is 4.61. The first kappa shape index (κ1) is 9.16. The van der Waals surface area contributed by atoms with Crippen molar-refractivity contribution in [3.8, 4) is 5.75 Å². The van der Waals surface area contributed by atoms with Gasteiger partial charge in [0.25, 0.3) is 0 Å². The summed E-state index contributed by atoms with van der Waals surface area (Å²) in [6, 6.07) is 3.69. The summed E-state index contributed by atoms with van der Waals surface area (Å²) in [5.41, 5.74) is 0.677. The van der Waals surface area contributed by atoms with Crippen LogP contribution in [-0.2, 0) is 6.61 Å². The van der Waals surface area contributed by atoms with E-state index in [4.69, 9.17) is 9.84 Å². The Kier molecular flexibility index (Phi) is 2.13. The monoisotopic (exact) mass is 205 g/mol. The molecule has 3 rings (SSSR count). The number of fused-ring (bicyclic) bond motifs is 1. The van der Waals surface area contributed by atoms with E-state index in [0.29, 0.717) is 11.8 Å². The fourth-order valence-electron chi connectivity index (χ4n) is 2.56. The number of ether oxygens (including phenoxy) is 1. The third-order valence-electron chi connectivity index (χ3n) is 3.45. The second kappa shape index (κ2) is 3.49. The van der Waals surface area contributed by atoms with Crippen LogP contribution in [-0.4, -0.2) is 16.2 Å². The number of nitrogens with zero attached hydrogens (tertiary/aromatic N) is 1. The highest BCUT2D eigenvalue weighted by molar-refractivity contribution is 5.23. The molecule has 2 saturated carbocycles. The van der Waals surface area contributed by atoms with Crippen LogP contribution in [0.4, 0.5) is 0 Å². The van der Waals surface area contributed by atoms with Crippen molar-refractivity contribution in [2.24, 2.45) is 11.8 Å². The van der Waals surface area contributed by atoms with E-state index in [-0.39, 0.29) is 6.61 Å². The average molecular weight is 205 g/mol. The smallest absolute Gasteiger partial charge is 0.123 e. The van der Waals surface area contributed by atoms with E-state index >= 15 is 0 Å². The molecule has 0 aliphatic heterocycles. The van der Waals surface area contributed by atoms with Gasteiger partial charge in [-0.05, 0) is 37.2 Å². The van der Waals surface area contributed by atoms with Crippen LogP contribution in [0, 0.1) is 11.8 Å². The maximum Gasteiger partial charge on any atom is 0.123 e. The van der Waals surface area contributed by atoms with Crippen LogP contribution >= 0.6 is 0 Å². The third-order valence-corrected chi connectivity index (χ3v) is 3.45. The largest absolute Gasteiger partial charge is 0.490 e.